The van der Waals surface area contributed by atoms with Crippen LogP contribution in [0.1, 0.15) is 40.3 Å². The lowest BCUT2D eigenvalue weighted by Crippen LogP contribution is -2.38. The average Bonchev–Trinajstić information content (AvgIpc) is 3.36. The molecule has 6 nitrogen and oxygen atoms in total. The van der Waals surface area contributed by atoms with Gasteiger partial charge in [-0.05, 0) is 128 Å². The van der Waals surface area contributed by atoms with Gasteiger partial charge in [-0.25, -0.2) is 4.99 Å². The fourth-order valence-corrected chi connectivity index (χ4v) is 8.78. The van der Waals surface area contributed by atoms with E-state index < -0.39 is 0 Å². The molecule has 0 bridgehead atoms. The van der Waals surface area contributed by atoms with Crippen molar-refractivity contribution in [3.05, 3.63) is 145 Å². The Hall–Kier alpha value is -3.42. The van der Waals surface area contributed by atoms with Gasteiger partial charge < -0.3 is 14.2 Å². The monoisotopic (exact) mass is 838 g/mol. The van der Waals surface area contributed by atoms with Crippen LogP contribution in [-0.4, -0.2) is 18.8 Å². The standard InChI is InChI=1S/C36H28I2N2O4S/c1-42-30-14-11-24(18-31(30)43-2)34-27-13-10-23-8-3-4-9-26(23)33(27)39-36-40(34)35(41)32(45-36)17-21-6-5-7-22(16-21)20-44-29-15-12-25(37)19-28(29)38/h3-9,11-12,14-19,34H,10,13,20H2,1-2H3/b32-17+/t34-/m1/s1. The van der Waals surface area contributed by atoms with E-state index in [0.717, 1.165) is 55.7 Å². The molecule has 0 amide bonds. The molecule has 1 aromatic heterocycles. The third-order valence-corrected chi connectivity index (χ3v) is 10.6. The van der Waals surface area contributed by atoms with Crippen LogP contribution in [-0.2, 0) is 13.0 Å². The highest BCUT2D eigenvalue weighted by molar-refractivity contribution is 14.1. The number of fused-ring (bicyclic) bond motifs is 3. The first-order valence-electron chi connectivity index (χ1n) is 14.5. The number of allylic oxidation sites excluding steroid dienone is 1. The molecule has 0 spiro atoms. The summed E-state index contributed by atoms with van der Waals surface area (Å²) in [5.74, 6) is 2.14. The van der Waals surface area contributed by atoms with Gasteiger partial charge in [0.05, 0.1) is 34.1 Å². The highest BCUT2D eigenvalue weighted by Crippen LogP contribution is 2.42. The fourth-order valence-electron chi connectivity index (χ4n) is 6.02. The quantitative estimate of drug-likeness (QED) is 0.164. The molecule has 9 heteroatoms. The molecule has 1 aliphatic carbocycles. The van der Waals surface area contributed by atoms with Crippen molar-refractivity contribution in [3.63, 3.8) is 0 Å². The van der Waals surface area contributed by atoms with Crippen molar-refractivity contribution in [2.45, 2.75) is 25.5 Å². The maximum atomic E-state index is 14.2. The van der Waals surface area contributed by atoms with Crippen molar-refractivity contribution in [1.29, 1.82) is 0 Å². The van der Waals surface area contributed by atoms with Crippen LogP contribution in [0.5, 0.6) is 17.2 Å². The third kappa shape index (κ3) is 5.85. The SMILES string of the molecule is COc1ccc([C@@H]2C3=C(N=c4s/c(=C/c5cccc(COc6ccc(I)cc6I)c5)c(=O)n42)c2ccccc2CC3)cc1OC. The predicted octanol–water partition coefficient (Wildman–Crippen LogP) is 7.12. The van der Waals surface area contributed by atoms with Crippen LogP contribution in [0, 0.1) is 7.14 Å². The Morgan fingerprint density at radius 1 is 0.911 bits per heavy atom. The van der Waals surface area contributed by atoms with Gasteiger partial charge in [-0.1, -0.05) is 59.9 Å². The van der Waals surface area contributed by atoms with Gasteiger partial charge in [-0.2, -0.15) is 0 Å². The molecule has 0 saturated carbocycles. The lowest BCUT2D eigenvalue weighted by atomic mass is 9.83. The van der Waals surface area contributed by atoms with E-state index in [1.54, 1.807) is 14.2 Å². The first-order valence-corrected chi connectivity index (χ1v) is 17.4. The second-order valence-electron chi connectivity index (χ2n) is 10.8. The topological polar surface area (TPSA) is 62.0 Å². The molecule has 0 N–H and O–H groups in total. The first-order chi connectivity index (χ1) is 21.9. The number of hydrogen-bond acceptors (Lipinski definition) is 6. The predicted molar refractivity (Wildman–Crippen MR) is 195 cm³/mol. The fraction of sp³-hybridized carbons (Fsp3) is 0.167. The average molecular weight is 839 g/mol. The lowest BCUT2D eigenvalue weighted by molar-refractivity contribution is 0.304. The molecule has 0 saturated heterocycles. The lowest BCUT2D eigenvalue weighted by Gasteiger charge is -2.31. The molecule has 7 rings (SSSR count). The van der Waals surface area contributed by atoms with Gasteiger partial charge in [0.1, 0.15) is 12.4 Å². The minimum atomic E-state index is -0.303. The molecule has 4 aromatic carbocycles. The van der Waals surface area contributed by atoms with Crippen molar-refractivity contribution in [1.82, 2.24) is 4.57 Å². The highest BCUT2D eigenvalue weighted by atomic mass is 127. The number of aryl methyl sites for hydroxylation is 1. The Labute approximate surface area is 292 Å². The zero-order chi connectivity index (χ0) is 31.1. The third-order valence-electron chi connectivity index (χ3n) is 8.13. The zero-order valence-corrected chi connectivity index (χ0v) is 29.7. The van der Waals surface area contributed by atoms with Crippen LogP contribution in [0.15, 0.2) is 100 Å². The molecule has 1 atom stereocenters. The molecule has 0 unspecified atom stereocenters. The van der Waals surface area contributed by atoms with E-state index in [2.05, 4.69) is 81.6 Å². The molecular formula is C36H28I2N2O4S. The van der Waals surface area contributed by atoms with Crippen molar-refractivity contribution < 1.29 is 14.2 Å². The van der Waals surface area contributed by atoms with Crippen LogP contribution in [0.3, 0.4) is 0 Å². The minimum Gasteiger partial charge on any atom is -0.493 e. The van der Waals surface area contributed by atoms with Gasteiger partial charge in [-0.15, -0.1) is 0 Å². The van der Waals surface area contributed by atoms with E-state index in [4.69, 9.17) is 19.2 Å². The maximum Gasteiger partial charge on any atom is 0.271 e. The van der Waals surface area contributed by atoms with Gasteiger partial charge in [0.25, 0.3) is 5.56 Å². The number of benzene rings is 4. The number of ether oxygens (including phenoxy) is 3. The molecule has 2 heterocycles. The summed E-state index contributed by atoms with van der Waals surface area (Å²) in [4.78, 5) is 20.1. The second-order valence-corrected chi connectivity index (χ2v) is 14.3. The summed E-state index contributed by atoms with van der Waals surface area (Å²) >= 11 is 6.03. The van der Waals surface area contributed by atoms with Gasteiger partial charge >= 0.3 is 0 Å². The summed E-state index contributed by atoms with van der Waals surface area (Å²) in [6, 6.07) is 28.3. The Morgan fingerprint density at radius 2 is 1.73 bits per heavy atom. The van der Waals surface area contributed by atoms with Gasteiger partial charge in [0, 0.05) is 9.13 Å². The summed E-state index contributed by atoms with van der Waals surface area (Å²) in [5.41, 5.74) is 7.40. The molecular weight excluding hydrogens is 810 g/mol. The summed E-state index contributed by atoms with van der Waals surface area (Å²) < 4.78 is 22.1. The molecule has 0 radical (unpaired) electrons. The molecule has 2 aliphatic rings. The van der Waals surface area contributed by atoms with Crippen LogP contribution < -0.4 is 29.1 Å². The van der Waals surface area contributed by atoms with E-state index in [0.29, 0.717) is 27.4 Å². The highest BCUT2D eigenvalue weighted by Gasteiger charge is 2.33. The van der Waals surface area contributed by atoms with Gasteiger partial charge in [0.2, 0.25) is 0 Å². The summed E-state index contributed by atoms with van der Waals surface area (Å²) in [5, 5.41) is 0. The van der Waals surface area contributed by atoms with Crippen molar-refractivity contribution >= 4 is 68.3 Å². The summed E-state index contributed by atoms with van der Waals surface area (Å²) in [6.45, 7) is 0.435. The zero-order valence-electron chi connectivity index (χ0n) is 24.6. The number of halogens is 2. The Balaban J connectivity index is 1.32. The summed E-state index contributed by atoms with van der Waals surface area (Å²) in [7, 11) is 3.26. The molecule has 45 heavy (non-hydrogen) atoms. The van der Waals surface area contributed by atoms with Crippen LogP contribution >= 0.6 is 56.5 Å². The van der Waals surface area contributed by atoms with Crippen LogP contribution in [0.2, 0.25) is 0 Å². The van der Waals surface area contributed by atoms with Crippen LogP contribution in [0.4, 0.5) is 0 Å². The number of methoxy groups -OCH3 is 2. The largest absolute Gasteiger partial charge is 0.493 e. The van der Waals surface area contributed by atoms with E-state index in [1.807, 2.05) is 59.2 Å². The second kappa shape index (κ2) is 12.8. The van der Waals surface area contributed by atoms with Crippen molar-refractivity contribution in [2.75, 3.05) is 14.2 Å². The molecule has 0 fully saturated rings. The van der Waals surface area contributed by atoms with Gasteiger partial charge in [0.15, 0.2) is 16.3 Å². The van der Waals surface area contributed by atoms with Crippen molar-refractivity contribution in [2.24, 2.45) is 4.99 Å². The molecule has 5 aromatic rings. The summed E-state index contributed by atoms with van der Waals surface area (Å²) in [6.07, 6.45) is 3.68. The molecule has 1 aliphatic heterocycles. The number of hydrogen-bond donors (Lipinski definition) is 0. The van der Waals surface area contributed by atoms with E-state index in [9.17, 15) is 4.79 Å². The Morgan fingerprint density at radius 3 is 2.56 bits per heavy atom. The Bertz CT molecular complexity index is 2170. The number of thiazole rings is 1. The number of aromatic nitrogens is 1. The Kier molecular flexibility index (Phi) is 8.58. The van der Waals surface area contributed by atoms with Gasteiger partial charge in [-0.3, -0.25) is 9.36 Å². The van der Waals surface area contributed by atoms with E-state index in [1.165, 1.54) is 20.5 Å². The van der Waals surface area contributed by atoms with E-state index in [-0.39, 0.29) is 11.6 Å². The number of rotatable bonds is 7. The van der Waals surface area contributed by atoms with Crippen molar-refractivity contribution in [3.8, 4) is 17.2 Å². The maximum absolute atomic E-state index is 14.2. The molecule has 226 valence electrons. The first kappa shape index (κ1) is 30.2. The smallest absolute Gasteiger partial charge is 0.271 e. The van der Waals surface area contributed by atoms with Crippen LogP contribution in [0.25, 0.3) is 11.8 Å². The van der Waals surface area contributed by atoms with E-state index >= 15 is 0 Å². The normalized spacial score (nSPS) is 15.6. The minimum absolute atomic E-state index is 0.0564. The number of nitrogens with zero attached hydrogens (tertiary/aromatic N) is 2.